The van der Waals surface area contributed by atoms with Crippen LogP contribution in [-0.2, 0) is 19.6 Å². The molecule has 8 heteroatoms. The molecule has 0 aliphatic carbocycles. The predicted octanol–water partition coefficient (Wildman–Crippen LogP) is 3.20. The normalized spacial score (nSPS) is 11.6. The molecular formula is C21H25N3O4S. The van der Waals surface area contributed by atoms with E-state index in [0.29, 0.717) is 11.4 Å². The smallest absolute Gasteiger partial charge is 0.233 e. The summed E-state index contributed by atoms with van der Waals surface area (Å²) in [6, 6.07) is 15.8. The van der Waals surface area contributed by atoms with E-state index in [-0.39, 0.29) is 30.7 Å². The SMILES string of the molecule is CC(C)C(=O)Nc1cccc(NC(=O)CCNS(=O)(=O)/C=C/c2ccccc2)c1. The molecule has 3 N–H and O–H groups in total. The molecule has 0 saturated carbocycles. The molecule has 2 aromatic carbocycles. The van der Waals surface area contributed by atoms with Gasteiger partial charge in [-0.05, 0) is 29.8 Å². The second-order valence-corrected chi connectivity index (χ2v) is 8.33. The van der Waals surface area contributed by atoms with E-state index in [2.05, 4.69) is 15.4 Å². The van der Waals surface area contributed by atoms with Crippen molar-refractivity contribution in [3.63, 3.8) is 0 Å². The first-order chi connectivity index (χ1) is 13.7. The largest absolute Gasteiger partial charge is 0.326 e. The molecule has 7 nitrogen and oxygen atoms in total. The number of carbonyl (C=O) groups excluding carboxylic acids is 2. The second kappa shape index (κ2) is 10.5. The molecule has 2 aromatic rings. The second-order valence-electron chi connectivity index (χ2n) is 6.68. The van der Waals surface area contributed by atoms with Gasteiger partial charge in [0.1, 0.15) is 0 Å². The lowest BCUT2D eigenvalue weighted by molar-refractivity contribution is -0.119. The number of rotatable bonds is 9. The fourth-order valence-electron chi connectivity index (χ4n) is 2.27. The summed E-state index contributed by atoms with van der Waals surface area (Å²) in [4.78, 5) is 23.8. The Morgan fingerprint density at radius 1 is 0.966 bits per heavy atom. The first kappa shape index (κ1) is 22.3. The molecule has 0 spiro atoms. The van der Waals surface area contributed by atoms with Gasteiger partial charge in [0.05, 0.1) is 0 Å². The Bertz CT molecular complexity index is 970. The van der Waals surface area contributed by atoms with Crippen LogP contribution in [0.5, 0.6) is 0 Å². The third-order valence-corrected chi connectivity index (χ3v) is 4.93. The highest BCUT2D eigenvalue weighted by molar-refractivity contribution is 7.92. The van der Waals surface area contributed by atoms with Gasteiger partial charge in [0.25, 0.3) is 0 Å². The number of anilines is 2. The van der Waals surface area contributed by atoms with Crippen LogP contribution in [0.1, 0.15) is 25.8 Å². The number of benzene rings is 2. The van der Waals surface area contributed by atoms with Crippen molar-refractivity contribution in [1.82, 2.24) is 4.72 Å². The molecule has 0 saturated heterocycles. The van der Waals surface area contributed by atoms with Crippen LogP contribution >= 0.6 is 0 Å². The summed E-state index contributed by atoms with van der Waals surface area (Å²) < 4.78 is 26.3. The van der Waals surface area contributed by atoms with E-state index in [4.69, 9.17) is 0 Å². The Balaban J connectivity index is 1.82. The average Bonchev–Trinajstić information content (AvgIpc) is 2.67. The number of amides is 2. The van der Waals surface area contributed by atoms with Gasteiger partial charge >= 0.3 is 0 Å². The molecule has 0 heterocycles. The van der Waals surface area contributed by atoms with Crippen molar-refractivity contribution >= 4 is 39.3 Å². The van der Waals surface area contributed by atoms with Crippen LogP contribution in [0.3, 0.4) is 0 Å². The van der Waals surface area contributed by atoms with Crippen molar-refractivity contribution in [3.05, 3.63) is 65.6 Å². The van der Waals surface area contributed by atoms with Gasteiger partial charge in [0, 0.05) is 35.7 Å². The molecule has 0 radical (unpaired) electrons. The van der Waals surface area contributed by atoms with Gasteiger partial charge in [-0.3, -0.25) is 9.59 Å². The molecule has 0 aliphatic rings. The quantitative estimate of drug-likeness (QED) is 0.585. The highest BCUT2D eigenvalue weighted by Crippen LogP contribution is 2.16. The maximum Gasteiger partial charge on any atom is 0.233 e. The van der Waals surface area contributed by atoms with Crippen LogP contribution in [-0.4, -0.2) is 26.8 Å². The molecule has 0 aromatic heterocycles. The van der Waals surface area contributed by atoms with E-state index in [1.54, 1.807) is 50.2 Å². The van der Waals surface area contributed by atoms with Crippen LogP contribution in [0.25, 0.3) is 6.08 Å². The van der Waals surface area contributed by atoms with Gasteiger partial charge in [-0.15, -0.1) is 0 Å². The topological polar surface area (TPSA) is 104 Å². The van der Waals surface area contributed by atoms with Gasteiger partial charge in [0.15, 0.2) is 0 Å². The molecule has 0 aliphatic heterocycles. The lowest BCUT2D eigenvalue weighted by Crippen LogP contribution is -2.26. The van der Waals surface area contributed by atoms with E-state index in [1.807, 2.05) is 18.2 Å². The molecule has 29 heavy (non-hydrogen) atoms. The lowest BCUT2D eigenvalue weighted by atomic mass is 10.2. The minimum Gasteiger partial charge on any atom is -0.326 e. The summed E-state index contributed by atoms with van der Waals surface area (Å²) in [5, 5.41) is 6.51. The molecule has 0 atom stereocenters. The lowest BCUT2D eigenvalue weighted by Gasteiger charge is -2.10. The number of carbonyl (C=O) groups is 2. The summed E-state index contributed by atoms with van der Waals surface area (Å²) in [5.74, 6) is -0.615. The zero-order chi connectivity index (χ0) is 21.3. The van der Waals surface area contributed by atoms with E-state index >= 15 is 0 Å². The Labute approximate surface area is 171 Å². The monoisotopic (exact) mass is 415 g/mol. The molecule has 0 fully saturated rings. The molecule has 154 valence electrons. The maximum atomic E-state index is 12.1. The minimum absolute atomic E-state index is 0.0268. The summed E-state index contributed by atoms with van der Waals surface area (Å²) in [6.07, 6.45) is 1.46. The van der Waals surface area contributed by atoms with Crippen LogP contribution in [0.15, 0.2) is 60.0 Å². The zero-order valence-corrected chi connectivity index (χ0v) is 17.2. The number of hydrogen-bond donors (Lipinski definition) is 3. The van der Waals surface area contributed by atoms with Crippen molar-refractivity contribution in [2.75, 3.05) is 17.2 Å². The zero-order valence-electron chi connectivity index (χ0n) is 16.4. The maximum absolute atomic E-state index is 12.1. The third-order valence-electron chi connectivity index (χ3n) is 3.83. The highest BCUT2D eigenvalue weighted by atomic mass is 32.2. The van der Waals surface area contributed by atoms with Crippen LogP contribution in [0.2, 0.25) is 0 Å². The van der Waals surface area contributed by atoms with Crippen molar-refractivity contribution < 1.29 is 18.0 Å². The fourth-order valence-corrected chi connectivity index (χ4v) is 3.09. The van der Waals surface area contributed by atoms with Crippen molar-refractivity contribution in [3.8, 4) is 0 Å². The highest BCUT2D eigenvalue weighted by Gasteiger charge is 2.09. The van der Waals surface area contributed by atoms with Gasteiger partial charge in [-0.25, -0.2) is 13.1 Å². The third kappa shape index (κ3) is 8.28. The summed E-state index contributed by atoms with van der Waals surface area (Å²) >= 11 is 0. The van der Waals surface area contributed by atoms with Crippen molar-refractivity contribution in [2.45, 2.75) is 20.3 Å². The molecule has 2 rings (SSSR count). The fraction of sp³-hybridized carbons (Fsp3) is 0.238. The molecule has 0 bridgehead atoms. The Morgan fingerprint density at radius 3 is 2.28 bits per heavy atom. The number of sulfonamides is 1. The minimum atomic E-state index is -3.63. The van der Waals surface area contributed by atoms with Crippen LogP contribution in [0, 0.1) is 5.92 Å². The average molecular weight is 416 g/mol. The van der Waals surface area contributed by atoms with E-state index in [1.165, 1.54) is 6.08 Å². The van der Waals surface area contributed by atoms with Gasteiger partial charge < -0.3 is 10.6 Å². The van der Waals surface area contributed by atoms with Gasteiger partial charge in [0.2, 0.25) is 21.8 Å². The molecular weight excluding hydrogens is 390 g/mol. The molecule has 0 unspecified atom stereocenters. The number of nitrogens with one attached hydrogen (secondary N) is 3. The Morgan fingerprint density at radius 2 is 1.62 bits per heavy atom. The first-order valence-corrected chi connectivity index (χ1v) is 10.7. The first-order valence-electron chi connectivity index (χ1n) is 9.19. The van der Waals surface area contributed by atoms with E-state index < -0.39 is 10.0 Å². The van der Waals surface area contributed by atoms with Gasteiger partial charge in [-0.2, -0.15) is 0 Å². The van der Waals surface area contributed by atoms with E-state index in [0.717, 1.165) is 11.0 Å². The number of hydrogen-bond acceptors (Lipinski definition) is 4. The summed E-state index contributed by atoms with van der Waals surface area (Å²) in [5.41, 5.74) is 1.86. The van der Waals surface area contributed by atoms with Gasteiger partial charge in [-0.1, -0.05) is 50.2 Å². The van der Waals surface area contributed by atoms with Crippen molar-refractivity contribution in [1.29, 1.82) is 0 Å². The van der Waals surface area contributed by atoms with Crippen LogP contribution in [0.4, 0.5) is 11.4 Å². The Kier molecular flexibility index (Phi) is 8.11. The summed E-state index contributed by atoms with van der Waals surface area (Å²) in [6.45, 7) is 3.55. The standard InChI is InChI=1S/C21H25N3O4S/c1-16(2)21(26)24-19-10-6-9-18(15-19)23-20(25)11-13-22-29(27,28)14-12-17-7-4-3-5-8-17/h3-10,12,14-16,22H,11,13H2,1-2H3,(H,23,25)(H,24,26)/b14-12+. The predicted molar refractivity (Wildman–Crippen MR) is 116 cm³/mol. The molecule has 2 amide bonds. The Hall–Kier alpha value is -2.97. The van der Waals surface area contributed by atoms with E-state index in [9.17, 15) is 18.0 Å². The van der Waals surface area contributed by atoms with Crippen LogP contribution < -0.4 is 15.4 Å². The summed E-state index contributed by atoms with van der Waals surface area (Å²) in [7, 11) is -3.63. The van der Waals surface area contributed by atoms with Crippen molar-refractivity contribution in [2.24, 2.45) is 5.92 Å².